The smallest absolute Gasteiger partial charge is 0.332 e. The van der Waals surface area contributed by atoms with Crippen LogP contribution in [0.4, 0.5) is 31.3 Å². The van der Waals surface area contributed by atoms with Crippen molar-refractivity contribution in [1.82, 2.24) is 24.8 Å². The number of nitrogens with zero attached hydrogens (tertiary/aromatic N) is 4. The Balaban J connectivity index is 1.51. The maximum absolute atomic E-state index is 13.2. The van der Waals surface area contributed by atoms with Crippen molar-refractivity contribution in [3.05, 3.63) is 66.7 Å². The van der Waals surface area contributed by atoms with Gasteiger partial charge in [0.2, 0.25) is 0 Å². The summed E-state index contributed by atoms with van der Waals surface area (Å²) >= 11 is 0. The van der Waals surface area contributed by atoms with E-state index in [1.807, 2.05) is 12.1 Å². The average molecular weight is 505 g/mol. The highest BCUT2D eigenvalue weighted by Crippen LogP contribution is 2.28. The standard InChI is InChI=1S/C26H29FN8O2/c1-3-34(4-2)12-11-29-25(36)33-24-15-21(30-16-31-24)17-5-6-18-14-23(28)35(22(18)13-17)26(37)32-20-9-7-19(27)8-10-20/h5-10,13-16H,3-4,11-12,28H2,1-2H3,(H,32,37)(H2,29,30,31,33,36). The summed E-state index contributed by atoms with van der Waals surface area (Å²) in [5.74, 6) is 0.192. The van der Waals surface area contributed by atoms with Crippen LogP contribution in [0.5, 0.6) is 0 Å². The van der Waals surface area contributed by atoms with Crippen LogP contribution in [0.25, 0.3) is 22.2 Å². The summed E-state index contributed by atoms with van der Waals surface area (Å²) < 4.78 is 14.5. The molecule has 0 atom stereocenters. The molecular weight excluding hydrogens is 475 g/mol. The SMILES string of the molecule is CCN(CC)CCNC(=O)Nc1cc(-c2ccc3cc(N)n(C(=O)Nc4ccc(F)cc4)c3c2)ncn1. The molecule has 0 saturated carbocycles. The first-order valence-electron chi connectivity index (χ1n) is 12.0. The van der Waals surface area contributed by atoms with E-state index < -0.39 is 11.8 Å². The van der Waals surface area contributed by atoms with Gasteiger partial charge in [0.1, 0.15) is 23.8 Å². The minimum atomic E-state index is -0.484. The molecule has 0 spiro atoms. The van der Waals surface area contributed by atoms with Gasteiger partial charge in [0.25, 0.3) is 0 Å². The van der Waals surface area contributed by atoms with E-state index in [2.05, 4.69) is 44.7 Å². The predicted molar refractivity (Wildman–Crippen MR) is 143 cm³/mol. The first-order chi connectivity index (χ1) is 17.9. The minimum Gasteiger partial charge on any atom is -0.385 e. The number of benzene rings is 2. The minimum absolute atomic E-state index is 0.248. The van der Waals surface area contributed by atoms with Crippen molar-refractivity contribution >= 4 is 40.3 Å². The zero-order chi connectivity index (χ0) is 26.4. The van der Waals surface area contributed by atoms with Crippen LogP contribution in [-0.4, -0.2) is 57.7 Å². The molecule has 3 amide bonds. The summed E-state index contributed by atoms with van der Waals surface area (Å²) in [5, 5.41) is 9.03. The molecule has 11 heteroatoms. The lowest BCUT2D eigenvalue weighted by molar-refractivity contribution is 0.247. The number of carbonyl (C=O) groups is 2. The molecule has 2 heterocycles. The van der Waals surface area contributed by atoms with Gasteiger partial charge in [-0.25, -0.2) is 28.5 Å². The number of likely N-dealkylation sites (N-methyl/N-ethyl adjacent to an activating group) is 1. The van der Waals surface area contributed by atoms with Gasteiger partial charge < -0.3 is 21.3 Å². The third-order valence-electron chi connectivity index (χ3n) is 5.94. The van der Waals surface area contributed by atoms with Crippen LogP contribution in [0.15, 0.2) is 60.9 Å². The third-order valence-corrected chi connectivity index (χ3v) is 5.94. The monoisotopic (exact) mass is 504 g/mol. The van der Waals surface area contributed by atoms with Crippen molar-refractivity contribution in [2.75, 3.05) is 42.5 Å². The quantitative estimate of drug-likeness (QED) is 0.282. The molecular formula is C26H29FN8O2. The van der Waals surface area contributed by atoms with Crippen molar-refractivity contribution in [3.8, 4) is 11.3 Å². The second kappa shape index (κ2) is 11.5. The zero-order valence-electron chi connectivity index (χ0n) is 20.7. The third kappa shape index (κ3) is 6.19. The van der Waals surface area contributed by atoms with Gasteiger partial charge in [0.15, 0.2) is 0 Å². The molecule has 192 valence electrons. The maximum Gasteiger partial charge on any atom is 0.332 e. The number of carbonyl (C=O) groups excluding carboxylic acids is 2. The van der Waals surface area contributed by atoms with Gasteiger partial charge >= 0.3 is 12.1 Å². The number of hydrogen-bond donors (Lipinski definition) is 4. The number of amides is 3. The lowest BCUT2D eigenvalue weighted by Gasteiger charge is -2.18. The molecule has 0 fully saturated rings. The first kappa shape index (κ1) is 25.6. The molecule has 0 radical (unpaired) electrons. The van der Waals surface area contributed by atoms with Gasteiger partial charge in [0.05, 0.1) is 11.2 Å². The van der Waals surface area contributed by atoms with Crippen LogP contribution in [-0.2, 0) is 0 Å². The van der Waals surface area contributed by atoms with Gasteiger partial charge in [-0.3, -0.25) is 5.32 Å². The highest BCUT2D eigenvalue weighted by Gasteiger charge is 2.15. The van der Waals surface area contributed by atoms with Crippen molar-refractivity contribution in [3.63, 3.8) is 0 Å². The molecule has 4 aromatic rings. The Labute approximate surface area is 213 Å². The lowest BCUT2D eigenvalue weighted by Crippen LogP contribution is -2.37. The van der Waals surface area contributed by atoms with E-state index >= 15 is 0 Å². The van der Waals surface area contributed by atoms with Crippen molar-refractivity contribution in [1.29, 1.82) is 0 Å². The topological polar surface area (TPSA) is 130 Å². The number of halogens is 1. The van der Waals surface area contributed by atoms with Gasteiger partial charge in [-0.05, 0) is 49.5 Å². The number of nitrogens with one attached hydrogen (secondary N) is 3. The van der Waals surface area contributed by atoms with Crippen LogP contribution < -0.4 is 21.7 Å². The second-order valence-electron chi connectivity index (χ2n) is 8.31. The Morgan fingerprint density at radius 3 is 2.49 bits per heavy atom. The molecule has 4 rings (SSSR count). The molecule has 0 aliphatic carbocycles. The number of aromatic nitrogens is 3. The Morgan fingerprint density at radius 1 is 1.00 bits per heavy atom. The highest BCUT2D eigenvalue weighted by atomic mass is 19.1. The van der Waals surface area contributed by atoms with Crippen LogP contribution in [0.3, 0.4) is 0 Å². The van der Waals surface area contributed by atoms with E-state index in [0.717, 1.165) is 25.0 Å². The lowest BCUT2D eigenvalue weighted by atomic mass is 10.1. The molecule has 10 nitrogen and oxygen atoms in total. The molecule has 0 saturated heterocycles. The number of hydrogen-bond acceptors (Lipinski definition) is 6. The van der Waals surface area contributed by atoms with Crippen molar-refractivity contribution in [2.24, 2.45) is 0 Å². The van der Waals surface area contributed by atoms with Crippen LogP contribution in [0.1, 0.15) is 13.8 Å². The van der Waals surface area contributed by atoms with Crippen LogP contribution in [0.2, 0.25) is 0 Å². The van der Waals surface area contributed by atoms with Crippen molar-refractivity contribution in [2.45, 2.75) is 13.8 Å². The number of rotatable bonds is 8. The number of nitrogen functional groups attached to an aromatic ring is 1. The molecule has 0 aliphatic rings. The first-order valence-corrected chi connectivity index (χ1v) is 12.0. The van der Waals surface area contributed by atoms with E-state index in [1.165, 1.54) is 35.2 Å². The van der Waals surface area contributed by atoms with Crippen LogP contribution in [0, 0.1) is 5.82 Å². The Kier molecular flexibility index (Phi) is 7.94. The van der Waals surface area contributed by atoms with Crippen molar-refractivity contribution < 1.29 is 14.0 Å². The number of anilines is 3. The van der Waals surface area contributed by atoms with E-state index in [0.29, 0.717) is 34.8 Å². The molecule has 37 heavy (non-hydrogen) atoms. The summed E-state index contributed by atoms with van der Waals surface area (Å²) in [6.07, 6.45) is 1.36. The molecule has 2 aromatic carbocycles. The maximum atomic E-state index is 13.2. The molecule has 5 N–H and O–H groups in total. The fourth-order valence-corrected chi connectivity index (χ4v) is 3.93. The van der Waals surface area contributed by atoms with Gasteiger partial charge in [-0.2, -0.15) is 0 Å². The zero-order valence-corrected chi connectivity index (χ0v) is 20.7. The number of fused-ring (bicyclic) bond motifs is 1. The van der Waals surface area contributed by atoms with E-state index in [-0.39, 0.29) is 11.8 Å². The normalized spacial score (nSPS) is 11.0. The summed E-state index contributed by atoms with van der Waals surface area (Å²) in [4.78, 5) is 35.9. The van der Waals surface area contributed by atoms with Gasteiger partial charge in [-0.15, -0.1) is 0 Å². The second-order valence-corrected chi connectivity index (χ2v) is 8.31. The summed E-state index contributed by atoms with van der Waals surface area (Å²) in [6.45, 7) is 7.26. The molecule has 0 bridgehead atoms. The van der Waals surface area contributed by atoms with E-state index in [1.54, 1.807) is 18.2 Å². The molecule has 2 aromatic heterocycles. The Bertz CT molecular complexity index is 1400. The number of nitrogens with two attached hydrogens (primary N) is 1. The van der Waals surface area contributed by atoms with Gasteiger partial charge in [-0.1, -0.05) is 26.0 Å². The molecule has 0 aliphatic heterocycles. The largest absolute Gasteiger partial charge is 0.385 e. The van der Waals surface area contributed by atoms with Gasteiger partial charge in [0, 0.05) is 35.8 Å². The van der Waals surface area contributed by atoms with Crippen LogP contribution >= 0.6 is 0 Å². The fraction of sp³-hybridized carbons (Fsp3) is 0.231. The Hall–Kier alpha value is -4.51. The fourth-order valence-electron chi connectivity index (χ4n) is 3.93. The Morgan fingerprint density at radius 2 is 1.76 bits per heavy atom. The summed E-state index contributed by atoms with van der Waals surface area (Å²) in [7, 11) is 0. The average Bonchev–Trinajstić information content (AvgIpc) is 3.23. The summed E-state index contributed by atoms with van der Waals surface area (Å²) in [6, 6.07) is 13.4. The highest BCUT2D eigenvalue weighted by molar-refractivity contribution is 6.02. The molecule has 0 unspecified atom stereocenters. The van der Waals surface area contributed by atoms with E-state index in [4.69, 9.17) is 5.73 Å². The summed E-state index contributed by atoms with van der Waals surface area (Å²) in [5.41, 5.74) is 8.40. The predicted octanol–water partition coefficient (Wildman–Crippen LogP) is 4.36. The number of urea groups is 1. The van der Waals surface area contributed by atoms with E-state index in [9.17, 15) is 14.0 Å².